The zero-order chi connectivity index (χ0) is 24.0. The van der Waals surface area contributed by atoms with Crippen molar-refractivity contribution in [3.8, 4) is 0 Å². The van der Waals surface area contributed by atoms with Gasteiger partial charge in [0.05, 0.1) is 12.6 Å². The largest absolute Gasteiger partial charge is 0.352 e. The second kappa shape index (κ2) is 9.97. The lowest BCUT2D eigenvalue weighted by molar-refractivity contribution is -0.135. The molecule has 34 heavy (non-hydrogen) atoms. The number of piperazine rings is 1. The maximum atomic E-state index is 14.8. The Bertz CT molecular complexity index is 754. The Morgan fingerprint density at radius 1 is 1.00 bits per heavy atom. The minimum Gasteiger partial charge on any atom is -0.352 e. The molecule has 9 heteroatoms. The molecule has 3 aliphatic heterocycles. The van der Waals surface area contributed by atoms with E-state index in [0.717, 1.165) is 45.4 Å². The molecule has 192 valence electrons. The highest BCUT2D eigenvalue weighted by Crippen LogP contribution is 2.39. The molecule has 5 aliphatic rings. The normalized spacial score (nSPS) is 44.3. The summed E-state index contributed by atoms with van der Waals surface area (Å²) in [7, 11) is 1.85. The molecule has 5 rings (SSSR count). The van der Waals surface area contributed by atoms with Gasteiger partial charge in [-0.3, -0.25) is 19.4 Å². The van der Waals surface area contributed by atoms with E-state index in [1.807, 2.05) is 7.05 Å². The summed E-state index contributed by atoms with van der Waals surface area (Å²) in [5.41, 5.74) is 0. The maximum Gasteiger partial charge on any atom is 0.237 e. The van der Waals surface area contributed by atoms with Crippen LogP contribution in [0.5, 0.6) is 0 Å². The highest BCUT2D eigenvalue weighted by Gasteiger charge is 2.47. The summed E-state index contributed by atoms with van der Waals surface area (Å²) in [6, 6.07) is -0.0499. The van der Waals surface area contributed by atoms with E-state index in [0.29, 0.717) is 44.2 Å². The van der Waals surface area contributed by atoms with Crippen molar-refractivity contribution in [2.75, 3.05) is 39.8 Å². The molecule has 9 atom stereocenters. The number of carbonyl (C=O) groups is 2. The van der Waals surface area contributed by atoms with Crippen molar-refractivity contribution in [1.29, 1.82) is 0 Å². The summed E-state index contributed by atoms with van der Waals surface area (Å²) >= 11 is 0. The molecule has 3 saturated heterocycles. The zero-order valence-electron chi connectivity index (χ0n) is 20.6. The van der Waals surface area contributed by atoms with Crippen LogP contribution in [0.4, 0.5) is 8.78 Å². The van der Waals surface area contributed by atoms with Crippen LogP contribution in [0.2, 0.25) is 0 Å². The van der Waals surface area contributed by atoms with Crippen molar-refractivity contribution in [3.63, 3.8) is 0 Å². The van der Waals surface area contributed by atoms with Crippen molar-refractivity contribution < 1.29 is 18.4 Å². The van der Waals surface area contributed by atoms with E-state index >= 15 is 0 Å². The number of alkyl halides is 2. The smallest absolute Gasteiger partial charge is 0.237 e. The van der Waals surface area contributed by atoms with Gasteiger partial charge >= 0.3 is 0 Å². The Balaban J connectivity index is 1.14. The van der Waals surface area contributed by atoms with Crippen molar-refractivity contribution in [2.45, 2.75) is 94.4 Å². The first kappa shape index (κ1) is 24.4. The Morgan fingerprint density at radius 2 is 1.82 bits per heavy atom. The molecule has 2 N–H and O–H groups in total. The molecular formula is C25H41F2N5O2. The number of amides is 2. The number of nitrogens with zero attached hydrogens (tertiary/aromatic N) is 3. The first-order valence-corrected chi connectivity index (χ1v) is 13.3. The van der Waals surface area contributed by atoms with Crippen LogP contribution in [-0.4, -0.2) is 109 Å². The van der Waals surface area contributed by atoms with Crippen LogP contribution in [0.3, 0.4) is 0 Å². The van der Waals surface area contributed by atoms with Gasteiger partial charge in [-0.2, -0.15) is 0 Å². The minimum absolute atomic E-state index is 0.0653. The van der Waals surface area contributed by atoms with E-state index in [2.05, 4.69) is 27.4 Å². The van der Waals surface area contributed by atoms with E-state index in [-0.39, 0.29) is 41.9 Å². The van der Waals surface area contributed by atoms with Gasteiger partial charge in [-0.25, -0.2) is 8.78 Å². The minimum atomic E-state index is -0.928. The molecule has 2 saturated carbocycles. The predicted octanol–water partition coefficient (Wildman–Crippen LogP) is 1.32. The third-order valence-corrected chi connectivity index (χ3v) is 9.34. The van der Waals surface area contributed by atoms with Crippen molar-refractivity contribution in [1.82, 2.24) is 25.3 Å². The Kier molecular flexibility index (Phi) is 7.15. The molecule has 2 amide bonds. The summed E-state index contributed by atoms with van der Waals surface area (Å²) in [5, 5.41) is 6.51. The van der Waals surface area contributed by atoms with Gasteiger partial charge in [0.2, 0.25) is 11.8 Å². The zero-order valence-corrected chi connectivity index (χ0v) is 20.6. The third-order valence-electron chi connectivity index (χ3n) is 9.34. The molecule has 0 bridgehead atoms. The quantitative estimate of drug-likeness (QED) is 0.634. The molecule has 0 aromatic rings. The van der Waals surface area contributed by atoms with Crippen LogP contribution < -0.4 is 10.6 Å². The first-order valence-electron chi connectivity index (χ1n) is 13.3. The topological polar surface area (TPSA) is 67.9 Å². The summed E-state index contributed by atoms with van der Waals surface area (Å²) in [5.74, 6) is 0.364. The van der Waals surface area contributed by atoms with Gasteiger partial charge < -0.3 is 15.5 Å². The van der Waals surface area contributed by atoms with Gasteiger partial charge in [-0.05, 0) is 50.9 Å². The van der Waals surface area contributed by atoms with E-state index in [1.54, 1.807) is 4.90 Å². The molecule has 0 radical (unpaired) electrons. The van der Waals surface area contributed by atoms with E-state index in [4.69, 9.17) is 0 Å². The molecular weight excluding hydrogens is 440 g/mol. The summed E-state index contributed by atoms with van der Waals surface area (Å²) in [4.78, 5) is 31.6. The number of rotatable bonds is 4. The predicted molar refractivity (Wildman–Crippen MR) is 126 cm³/mol. The molecule has 0 aromatic carbocycles. The second-order valence-electron chi connectivity index (χ2n) is 11.6. The molecule has 2 aliphatic carbocycles. The fraction of sp³-hybridized carbons (Fsp3) is 0.920. The van der Waals surface area contributed by atoms with Crippen LogP contribution in [-0.2, 0) is 9.59 Å². The molecule has 3 heterocycles. The van der Waals surface area contributed by atoms with Gasteiger partial charge in [-0.15, -0.1) is 0 Å². The molecule has 5 fully saturated rings. The fourth-order valence-electron chi connectivity index (χ4n) is 7.23. The number of hydrogen-bond acceptors (Lipinski definition) is 5. The van der Waals surface area contributed by atoms with Crippen molar-refractivity contribution in [2.24, 2.45) is 11.8 Å². The van der Waals surface area contributed by atoms with Crippen LogP contribution in [0, 0.1) is 11.8 Å². The summed E-state index contributed by atoms with van der Waals surface area (Å²) in [6.45, 7) is 6.03. The van der Waals surface area contributed by atoms with Crippen LogP contribution in [0.1, 0.15) is 51.9 Å². The molecule has 0 aromatic heterocycles. The Hall–Kier alpha value is -1.32. The standard InChI is InChI=1S/C25H41F2N5O2/c1-15-3-4-21(27)20-12-22(29-24(15)20)25(34)28-17-9-16(26)10-19(11-17)31-6-5-18(13-31)32-8-7-30(2)23(33)14-32/h15-22,24,29H,3-14H2,1-2H3,(H,28,34). The van der Waals surface area contributed by atoms with Gasteiger partial charge in [0, 0.05) is 63.3 Å². The average molecular weight is 482 g/mol. The summed E-state index contributed by atoms with van der Waals surface area (Å²) < 4.78 is 29.2. The van der Waals surface area contributed by atoms with Gasteiger partial charge in [0.15, 0.2) is 0 Å². The lowest BCUT2D eigenvalue weighted by atomic mass is 9.77. The van der Waals surface area contributed by atoms with Gasteiger partial charge in [0.25, 0.3) is 0 Å². The molecule has 9 unspecified atom stereocenters. The van der Waals surface area contributed by atoms with Gasteiger partial charge in [0.1, 0.15) is 12.3 Å². The average Bonchev–Trinajstić information content (AvgIpc) is 3.47. The maximum absolute atomic E-state index is 14.8. The Labute approximate surface area is 202 Å². The lowest BCUT2D eigenvalue weighted by Gasteiger charge is -2.39. The van der Waals surface area contributed by atoms with Crippen LogP contribution in [0.25, 0.3) is 0 Å². The van der Waals surface area contributed by atoms with Crippen molar-refractivity contribution >= 4 is 11.8 Å². The second-order valence-corrected chi connectivity index (χ2v) is 11.6. The monoisotopic (exact) mass is 481 g/mol. The number of likely N-dealkylation sites (tertiary alicyclic amines) is 1. The highest BCUT2D eigenvalue weighted by molar-refractivity contribution is 5.82. The first-order chi connectivity index (χ1) is 16.3. The number of likely N-dealkylation sites (N-methyl/N-ethyl adjacent to an activating group) is 1. The number of carbonyl (C=O) groups excluding carboxylic acids is 2. The van der Waals surface area contributed by atoms with Crippen LogP contribution >= 0.6 is 0 Å². The number of hydrogen-bond donors (Lipinski definition) is 2. The number of halogens is 2. The molecule has 7 nitrogen and oxygen atoms in total. The van der Waals surface area contributed by atoms with Crippen LogP contribution in [0.15, 0.2) is 0 Å². The van der Waals surface area contributed by atoms with Crippen molar-refractivity contribution in [3.05, 3.63) is 0 Å². The highest BCUT2D eigenvalue weighted by atomic mass is 19.1. The number of nitrogens with one attached hydrogen (secondary N) is 2. The molecule has 0 spiro atoms. The number of fused-ring (bicyclic) bond motifs is 1. The van der Waals surface area contributed by atoms with E-state index < -0.39 is 12.3 Å². The van der Waals surface area contributed by atoms with E-state index in [9.17, 15) is 18.4 Å². The third kappa shape index (κ3) is 4.98. The Morgan fingerprint density at radius 3 is 2.59 bits per heavy atom. The fourth-order valence-corrected chi connectivity index (χ4v) is 7.23. The van der Waals surface area contributed by atoms with Gasteiger partial charge in [-0.1, -0.05) is 6.92 Å². The SMILES string of the molecule is CC1CCC(F)C2CC(C(=O)NC3CC(F)CC(N4CCC(N5CCN(C)C(=O)C5)C4)C3)NC12. The lowest BCUT2D eigenvalue weighted by Crippen LogP contribution is -2.54. The summed E-state index contributed by atoms with van der Waals surface area (Å²) in [6.07, 6.45) is 2.83. The van der Waals surface area contributed by atoms with E-state index in [1.165, 1.54) is 0 Å².